The molecule has 0 aliphatic carbocycles. The van der Waals surface area contributed by atoms with Crippen molar-refractivity contribution in [3.63, 3.8) is 0 Å². The first-order valence-electron chi connectivity index (χ1n) is 28.8. The van der Waals surface area contributed by atoms with Gasteiger partial charge < -0.3 is 14.2 Å². The molecule has 0 aromatic carbocycles. The lowest BCUT2D eigenvalue weighted by Gasteiger charge is -2.18. The summed E-state index contributed by atoms with van der Waals surface area (Å²) in [5, 5.41) is 0. The van der Waals surface area contributed by atoms with Crippen LogP contribution in [0.3, 0.4) is 0 Å². The quantitative estimate of drug-likeness (QED) is 0.0261. The van der Waals surface area contributed by atoms with E-state index in [2.05, 4.69) is 154 Å². The van der Waals surface area contributed by atoms with E-state index >= 15 is 0 Å². The lowest BCUT2D eigenvalue weighted by Crippen LogP contribution is -2.30. The summed E-state index contributed by atoms with van der Waals surface area (Å²) in [7, 11) is 0. The predicted octanol–water partition coefficient (Wildman–Crippen LogP) is 19.6. The van der Waals surface area contributed by atoms with Gasteiger partial charge in [-0.1, -0.05) is 231 Å². The molecule has 404 valence electrons. The fraction of sp³-hybridized carbons (Fsp3) is 0.591. The molecule has 0 amide bonds. The topological polar surface area (TPSA) is 78.9 Å². The highest BCUT2D eigenvalue weighted by atomic mass is 16.6. The van der Waals surface area contributed by atoms with E-state index in [-0.39, 0.29) is 31.6 Å². The second kappa shape index (κ2) is 58.9. The van der Waals surface area contributed by atoms with Gasteiger partial charge in [-0.15, -0.1) is 0 Å². The number of carbonyl (C=O) groups is 3. The van der Waals surface area contributed by atoms with Gasteiger partial charge in [-0.2, -0.15) is 0 Å². The lowest BCUT2D eigenvalue weighted by atomic mass is 10.1. The summed E-state index contributed by atoms with van der Waals surface area (Å²) >= 11 is 0. The average molecular weight is 994 g/mol. The molecular formula is C66H104O6. The maximum atomic E-state index is 12.8. The molecule has 72 heavy (non-hydrogen) atoms. The van der Waals surface area contributed by atoms with Crippen LogP contribution in [0.25, 0.3) is 0 Å². The molecule has 0 saturated carbocycles. The molecule has 0 rings (SSSR count). The number of carbonyl (C=O) groups excluding carboxylic acids is 3. The van der Waals surface area contributed by atoms with Crippen LogP contribution in [0.15, 0.2) is 146 Å². The van der Waals surface area contributed by atoms with Gasteiger partial charge in [0, 0.05) is 19.3 Å². The highest BCUT2D eigenvalue weighted by Crippen LogP contribution is 2.13. The molecule has 0 aromatic heterocycles. The van der Waals surface area contributed by atoms with Crippen molar-refractivity contribution in [1.29, 1.82) is 0 Å². The molecule has 0 radical (unpaired) electrons. The van der Waals surface area contributed by atoms with Gasteiger partial charge in [0.2, 0.25) is 0 Å². The van der Waals surface area contributed by atoms with E-state index in [1.54, 1.807) is 0 Å². The minimum Gasteiger partial charge on any atom is -0.462 e. The minimum absolute atomic E-state index is 0.122. The predicted molar refractivity (Wildman–Crippen MR) is 311 cm³/mol. The van der Waals surface area contributed by atoms with Gasteiger partial charge in [-0.05, 0) is 128 Å². The van der Waals surface area contributed by atoms with Crippen LogP contribution in [0.2, 0.25) is 0 Å². The van der Waals surface area contributed by atoms with Crippen LogP contribution in [0.4, 0.5) is 0 Å². The van der Waals surface area contributed by atoms with Gasteiger partial charge in [-0.3, -0.25) is 14.4 Å². The molecule has 0 saturated heterocycles. The maximum Gasteiger partial charge on any atom is 0.306 e. The zero-order valence-electron chi connectivity index (χ0n) is 46.1. The van der Waals surface area contributed by atoms with E-state index in [1.165, 1.54) is 57.8 Å². The number of rotatable bonds is 50. The number of unbranched alkanes of at least 4 members (excludes halogenated alkanes) is 15. The summed E-state index contributed by atoms with van der Waals surface area (Å²) in [5.41, 5.74) is 0. The fourth-order valence-electron chi connectivity index (χ4n) is 7.31. The van der Waals surface area contributed by atoms with Crippen molar-refractivity contribution < 1.29 is 28.6 Å². The second-order valence-corrected chi connectivity index (χ2v) is 18.4. The summed E-state index contributed by atoms with van der Waals surface area (Å²) < 4.78 is 16.8. The van der Waals surface area contributed by atoms with Gasteiger partial charge in [0.05, 0.1) is 0 Å². The zero-order chi connectivity index (χ0) is 52.2. The molecule has 0 fully saturated rings. The molecule has 0 spiro atoms. The number of ether oxygens (including phenoxy) is 3. The number of hydrogen-bond donors (Lipinski definition) is 0. The van der Waals surface area contributed by atoms with E-state index < -0.39 is 12.1 Å². The first-order chi connectivity index (χ1) is 35.5. The van der Waals surface area contributed by atoms with E-state index in [0.29, 0.717) is 19.3 Å². The van der Waals surface area contributed by atoms with Gasteiger partial charge >= 0.3 is 17.9 Å². The Bertz CT molecular complexity index is 1610. The number of esters is 3. The van der Waals surface area contributed by atoms with E-state index in [1.807, 2.05) is 12.2 Å². The highest BCUT2D eigenvalue weighted by molar-refractivity contribution is 5.71. The Morgan fingerprint density at radius 2 is 0.569 bits per heavy atom. The van der Waals surface area contributed by atoms with E-state index in [4.69, 9.17) is 14.2 Å². The van der Waals surface area contributed by atoms with Crippen LogP contribution in [-0.2, 0) is 28.6 Å². The second-order valence-electron chi connectivity index (χ2n) is 18.4. The zero-order valence-corrected chi connectivity index (χ0v) is 46.1. The molecule has 0 aromatic rings. The Kier molecular flexibility index (Phi) is 55.0. The van der Waals surface area contributed by atoms with Crippen molar-refractivity contribution in [3.05, 3.63) is 146 Å². The molecule has 0 bridgehead atoms. The monoisotopic (exact) mass is 993 g/mol. The summed E-state index contributed by atoms with van der Waals surface area (Å²) in [6.07, 6.45) is 84.2. The maximum absolute atomic E-state index is 12.8. The van der Waals surface area contributed by atoms with Gasteiger partial charge in [0.25, 0.3) is 0 Å². The Labute approximate surface area is 442 Å². The van der Waals surface area contributed by atoms with E-state index in [0.717, 1.165) is 128 Å². The summed E-state index contributed by atoms with van der Waals surface area (Å²) in [4.78, 5) is 38.1. The van der Waals surface area contributed by atoms with Crippen LogP contribution in [-0.4, -0.2) is 37.2 Å². The van der Waals surface area contributed by atoms with Gasteiger partial charge in [-0.25, -0.2) is 0 Å². The summed E-state index contributed by atoms with van der Waals surface area (Å²) in [6.45, 7) is 6.29. The smallest absolute Gasteiger partial charge is 0.306 e. The van der Waals surface area contributed by atoms with Crippen molar-refractivity contribution >= 4 is 17.9 Å². The SMILES string of the molecule is CC/C=C\C/C=C\C/C=C\C/C=C\C/C=C\C/C=C\CCC(=O)OC(COC(=O)CCCCCCC/C=C\CCCCC)COC(=O)CCCCCCCCC/C=C\C/C=C\C/C=C\C/C=C\C/C=C\CC. The largest absolute Gasteiger partial charge is 0.462 e. The van der Waals surface area contributed by atoms with Crippen LogP contribution in [0, 0.1) is 0 Å². The molecule has 1 atom stereocenters. The minimum atomic E-state index is -0.833. The highest BCUT2D eigenvalue weighted by Gasteiger charge is 2.19. The van der Waals surface area contributed by atoms with Gasteiger partial charge in [0.1, 0.15) is 13.2 Å². The molecule has 0 aliphatic heterocycles. The summed E-state index contributed by atoms with van der Waals surface area (Å²) in [5.74, 6) is -1.03. The Balaban J connectivity index is 4.50. The van der Waals surface area contributed by atoms with Crippen molar-refractivity contribution in [3.8, 4) is 0 Å². The molecule has 0 heterocycles. The molecular weight excluding hydrogens is 889 g/mol. The van der Waals surface area contributed by atoms with Crippen molar-refractivity contribution in [2.45, 2.75) is 239 Å². The molecule has 6 heteroatoms. The van der Waals surface area contributed by atoms with E-state index in [9.17, 15) is 14.4 Å². The normalized spacial score (nSPS) is 13.2. The van der Waals surface area contributed by atoms with Crippen LogP contribution >= 0.6 is 0 Å². The molecule has 0 aliphatic rings. The Morgan fingerprint density at radius 1 is 0.292 bits per heavy atom. The third-order valence-corrected chi connectivity index (χ3v) is 11.6. The third kappa shape index (κ3) is 56.2. The van der Waals surface area contributed by atoms with Crippen LogP contribution in [0.1, 0.15) is 233 Å². The molecule has 1 unspecified atom stereocenters. The molecule has 0 N–H and O–H groups in total. The fourth-order valence-corrected chi connectivity index (χ4v) is 7.31. The number of hydrogen-bond acceptors (Lipinski definition) is 6. The van der Waals surface area contributed by atoms with Crippen LogP contribution in [0.5, 0.6) is 0 Å². The number of allylic oxidation sites excluding steroid dienone is 24. The Hall–Kier alpha value is -4.71. The first-order valence-corrected chi connectivity index (χ1v) is 28.8. The summed E-state index contributed by atoms with van der Waals surface area (Å²) in [6, 6.07) is 0. The third-order valence-electron chi connectivity index (χ3n) is 11.6. The Morgan fingerprint density at radius 3 is 0.917 bits per heavy atom. The first kappa shape index (κ1) is 67.3. The van der Waals surface area contributed by atoms with Crippen molar-refractivity contribution in [1.82, 2.24) is 0 Å². The van der Waals surface area contributed by atoms with Gasteiger partial charge in [0.15, 0.2) is 6.10 Å². The van der Waals surface area contributed by atoms with Crippen LogP contribution < -0.4 is 0 Å². The van der Waals surface area contributed by atoms with Crippen molar-refractivity contribution in [2.75, 3.05) is 13.2 Å². The van der Waals surface area contributed by atoms with Crippen molar-refractivity contribution in [2.24, 2.45) is 0 Å². The average Bonchev–Trinajstić information content (AvgIpc) is 3.38. The lowest BCUT2D eigenvalue weighted by molar-refractivity contribution is -0.166. The molecule has 6 nitrogen and oxygen atoms in total. The standard InChI is InChI=1S/C66H104O6/c1-4-7-10-13-16-19-22-25-27-29-31-32-33-34-36-37-39-41-44-47-50-53-56-59-65(68)71-62-63(61-70-64(67)58-55-52-49-46-43-24-21-18-15-12-9-6-3)72-66(69)60-57-54-51-48-45-42-40-38-35-30-28-26-23-20-17-14-11-8-5-2/h7-8,10-11,16-21,25-28,31-32,34-36,38,42,45,51,54,63H,4-6,9,12-15,22-24,29-30,33,37,39-41,43-44,46-50,52-53,55-62H2,1-3H3/b10-7-,11-8-,19-16-,20-17-,21-18-,27-25-,28-26-,32-31-,36-34-,38-35-,45-42-,54-51-.